The van der Waals surface area contributed by atoms with E-state index < -0.39 is 0 Å². The smallest absolute Gasteiger partial charge is 0.238 e. The summed E-state index contributed by atoms with van der Waals surface area (Å²) in [6, 6.07) is 5.11. The van der Waals surface area contributed by atoms with Gasteiger partial charge in [0.05, 0.1) is 18.2 Å². The van der Waals surface area contributed by atoms with Crippen molar-refractivity contribution in [3.63, 3.8) is 0 Å². The maximum Gasteiger partial charge on any atom is 0.238 e. The molecule has 1 heterocycles. The number of hydrogen-bond donors (Lipinski definition) is 3. The molecule has 1 aromatic carbocycles. The fourth-order valence-corrected chi connectivity index (χ4v) is 3.36. The second kappa shape index (κ2) is 7.40. The van der Waals surface area contributed by atoms with Gasteiger partial charge in [0.1, 0.15) is 24.1 Å². The number of ether oxygens (including phenoxy) is 2. The van der Waals surface area contributed by atoms with Crippen LogP contribution in [0.25, 0.3) is 0 Å². The van der Waals surface area contributed by atoms with Gasteiger partial charge >= 0.3 is 0 Å². The van der Waals surface area contributed by atoms with Crippen LogP contribution in [0.4, 0.5) is 0 Å². The Balaban J connectivity index is 1.47. The minimum atomic E-state index is -0.240. The number of carbonyl (C=O) groups is 1. The molecule has 138 valence electrons. The second-order valence-corrected chi connectivity index (χ2v) is 7.59. The Labute approximate surface area is 153 Å². The lowest BCUT2D eigenvalue weighted by Crippen LogP contribution is -2.49. The van der Waals surface area contributed by atoms with Gasteiger partial charge in [-0.3, -0.25) is 10.2 Å². The first-order chi connectivity index (χ1) is 11.9. The number of methoxy groups -OCH3 is 1. The summed E-state index contributed by atoms with van der Waals surface area (Å²) >= 11 is 6.18. The van der Waals surface area contributed by atoms with Crippen LogP contribution in [0.5, 0.6) is 11.5 Å². The van der Waals surface area contributed by atoms with Crippen LogP contribution >= 0.6 is 11.6 Å². The summed E-state index contributed by atoms with van der Waals surface area (Å²) in [5.74, 6) is 1.81. The lowest BCUT2D eigenvalue weighted by atomic mass is 10.0. The minimum absolute atomic E-state index is 0.00394. The number of amides is 1. The van der Waals surface area contributed by atoms with Gasteiger partial charge < -0.3 is 14.8 Å². The van der Waals surface area contributed by atoms with E-state index in [9.17, 15) is 4.79 Å². The summed E-state index contributed by atoms with van der Waals surface area (Å²) in [6.45, 7) is 4.74. The van der Waals surface area contributed by atoms with Crippen LogP contribution in [0, 0.1) is 5.92 Å². The molecule has 6 nitrogen and oxygen atoms in total. The number of benzene rings is 1. The zero-order valence-electron chi connectivity index (χ0n) is 14.9. The van der Waals surface area contributed by atoms with Gasteiger partial charge in [0, 0.05) is 11.6 Å². The van der Waals surface area contributed by atoms with Crippen molar-refractivity contribution in [3.8, 4) is 11.5 Å². The van der Waals surface area contributed by atoms with Crippen LogP contribution in [0.1, 0.15) is 33.1 Å². The Bertz CT molecular complexity index is 634. The maximum atomic E-state index is 12.5. The maximum absolute atomic E-state index is 12.5. The van der Waals surface area contributed by atoms with Crippen molar-refractivity contribution in [2.24, 2.45) is 5.92 Å². The molecule has 0 aromatic heterocycles. The number of hydrazine groups is 1. The Morgan fingerprint density at radius 3 is 2.76 bits per heavy atom. The molecule has 0 bridgehead atoms. The number of nitrogens with one attached hydrogen (secondary N) is 3. The van der Waals surface area contributed by atoms with Gasteiger partial charge in [-0.25, -0.2) is 5.43 Å². The van der Waals surface area contributed by atoms with Gasteiger partial charge in [0.15, 0.2) is 0 Å². The zero-order chi connectivity index (χ0) is 18.0. The Morgan fingerprint density at radius 2 is 2.16 bits per heavy atom. The summed E-state index contributed by atoms with van der Waals surface area (Å²) in [4.78, 5) is 12.5. The van der Waals surface area contributed by atoms with E-state index in [1.165, 1.54) is 0 Å². The van der Waals surface area contributed by atoms with E-state index in [1.807, 2.05) is 0 Å². The summed E-state index contributed by atoms with van der Waals surface area (Å²) in [5.41, 5.74) is 6.21. The van der Waals surface area contributed by atoms with Gasteiger partial charge in [0.2, 0.25) is 5.91 Å². The van der Waals surface area contributed by atoms with Gasteiger partial charge in [-0.1, -0.05) is 25.4 Å². The van der Waals surface area contributed by atoms with Gasteiger partial charge in [-0.15, -0.1) is 0 Å². The van der Waals surface area contributed by atoms with Crippen molar-refractivity contribution in [2.75, 3.05) is 13.7 Å². The highest BCUT2D eigenvalue weighted by molar-refractivity contribution is 6.32. The molecule has 2 fully saturated rings. The van der Waals surface area contributed by atoms with Crippen molar-refractivity contribution in [1.82, 2.24) is 16.2 Å². The highest BCUT2D eigenvalue weighted by atomic mass is 35.5. The van der Waals surface area contributed by atoms with Crippen LogP contribution in [0.2, 0.25) is 5.02 Å². The van der Waals surface area contributed by atoms with Gasteiger partial charge in [-0.05, 0) is 37.3 Å². The first-order valence-corrected chi connectivity index (χ1v) is 9.11. The third-order valence-corrected chi connectivity index (χ3v) is 5.44. The van der Waals surface area contributed by atoms with E-state index >= 15 is 0 Å². The van der Waals surface area contributed by atoms with Crippen molar-refractivity contribution in [2.45, 2.75) is 50.7 Å². The molecule has 2 atom stereocenters. The second-order valence-electron chi connectivity index (χ2n) is 7.18. The Kier molecular flexibility index (Phi) is 5.41. The number of carbonyl (C=O) groups excluding carboxylic acids is 1. The molecule has 7 heteroatoms. The molecule has 25 heavy (non-hydrogen) atoms. The molecule has 2 aliphatic rings. The minimum Gasteiger partial charge on any atom is -0.497 e. The highest BCUT2D eigenvalue weighted by Crippen LogP contribution is 2.42. The quantitative estimate of drug-likeness (QED) is 0.689. The molecule has 0 radical (unpaired) electrons. The Hall–Kier alpha value is -1.50. The fourth-order valence-electron chi connectivity index (χ4n) is 3.13. The summed E-state index contributed by atoms with van der Waals surface area (Å²) < 4.78 is 10.9. The first-order valence-electron chi connectivity index (χ1n) is 8.73. The number of rotatable bonds is 7. The van der Waals surface area contributed by atoms with E-state index in [4.69, 9.17) is 21.1 Å². The third kappa shape index (κ3) is 4.19. The topological polar surface area (TPSA) is 71.6 Å². The average Bonchev–Trinajstić information content (AvgIpc) is 3.22. The van der Waals surface area contributed by atoms with E-state index in [-0.39, 0.29) is 23.5 Å². The predicted molar refractivity (Wildman–Crippen MR) is 96.9 cm³/mol. The van der Waals surface area contributed by atoms with Gasteiger partial charge in [-0.2, -0.15) is 0 Å². The normalized spacial score (nSPS) is 24.2. The zero-order valence-corrected chi connectivity index (χ0v) is 15.7. The molecule has 2 unspecified atom stereocenters. The molecule has 1 saturated heterocycles. The van der Waals surface area contributed by atoms with Crippen LogP contribution in [-0.4, -0.2) is 37.2 Å². The van der Waals surface area contributed by atoms with E-state index in [1.54, 1.807) is 25.3 Å². The van der Waals surface area contributed by atoms with Crippen LogP contribution < -0.4 is 25.6 Å². The number of halogens is 1. The SMILES string of the molecule is COc1ccc(OCC2CC(C(=O)NC3(C(C)C)CC3)NN2)c(Cl)c1. The first kappa shape index (κ1) is 18.3. The summed E-state index contributed by atoms with van der Waals surface area (Å²) in [6.07, 6.45) is 2.81. The monoisotopic (exact) mass is 367 g/mol. The standard InChI is InChI=1S/C18H26ClN3O3/c1-11(2)18(6-7-18)20-17(23)15-8-12(21-22-15)10-25-16-5-4-13(24-3)9-14(16)19/h4-5,9,11-12,15,21-22H,6-8,10H2,1-3H3,(H,20,23). The van der Waals surface area contributed by atoms with E-state index in [0.29, 0.717) is 35.5 Å². The van der Waals surface area contributed by atoms with Crippen molar-refractivity contribution in [3.05, 3.63) is 23.2 Å². The van der Waals surface area contributed by atoms with Crippen molar-refractivity contribution in [1.29, 1.82) is 0 Å². The molecule has 0 spiro atoms. The fraction of sp³-hybridized carbons (Fsp3) is 0.611. The molecule has 3 N–H and O–H groups in total. The largest absolute Gasteiger partial charge is 0.497 e. The number of hydrogen-bond acceptors (Lipinski definition) is 5. The van der Waals surface area contributed by atoms with E-state index in [2.05, 4.69) is 30.0 Å². The van der Waals surface area contributed by atoms with Gasteiger partial charge in [0.25, 0.3) is 0 Å². The Morgan fingerprint density at radius 1 is 1.40 bits per heavy atom. The molecular formula is C18H26ClN3O3. The average molecular weight is 368 g/mol. The highest BCUT2D eigenvalue weighted by Gasteiger charge is 2.47. The molecule has 1 aromatic rings. The van der Waals surface area contributed by atoms with Crippen molar-refractivity contribution >= 4 is 17.5 Å². The lowest BCUT2D eigenvalue weighted by molar-refractivity contribution is -0.124. The molecular weight excluding hydrogens is 342 g/mol. The molecule has 1 aliphatic heterocycles. The summed E-state index contributed by atoms with van der Waals surface area (Å²) in [7, 11) is 1.59. The third-order valence-electron chi connectivity index (χ3n) is 5.14. The molecule has 1 saturated carbocycles. The lowest BCUT2D eigenvalue weighted by Gasteiger charge is -2.23. The predicted octanol–water partition coefficient (Wildman–Crippen LogP) is 2.27. The van der Waals surface area contributed by atoms with Crippen LogP contribution in [0.3, 0.4) is 0 Å². The van der Waals surface area contributed by atoms with E-state index in [0.717, 1.165) is 12.8 Å². The van der Waals surface area contributed by atoms with Crippen molar-refractivity contribution < 1.29 is 14.3 Å². The summed E-state index contributed by atoms with van der Waals surface area (Å²) in [5, 5.41) is 3.71. The molecule has 1 amide bonds. The van der Waals surface area contributed by atoms with Crippen LogP contribution in [0.15, 0.2) is 18.2 Å². The molecule has 1 aliphatic carbocycles. The van der Waals surface area contributed by atoms with Crippen LogP contribution in [-0.2, 0) is 4.79 Å². The molecule has 3 rings (SSSR count).